The Morgan fingerprint density at radius 3 is 2.10 bits per heavy atom. The molecule has 1 aromatic rings. The molecule has 0 aromatic heterocycles. The Kier molecular flexibility index (Phi) is 5.55. The second-order valence-electron chi connectivity index (χ2n) is 4.69. The van der Waals surface area contributed by atoms with Crippen LogP contribution < -0.4 is 5.32 Å². The maximum Gasteiger partial charge on any atom is 0.501 e. The van der Waals surface area contributed by atoms with Gasteiger partial charge in [-0.05, 0) is 25.0 Å². The second-order valence-corrected chi connectivity index (χ2v) is 6.87. The van der Waals surface area contributed by atoms with Crippen molar-refractivity contribution in [3.63, 3.8) is 0 Å². The van der Waals surface area contributed by atoms with Gasteiger partial charge in [0.2, 0.25) is 0 Å². The van der Waals surface area contributed by atoms with Crippen LogP contribution in [0.1, 0.15) is 26.7 Å². The number of para-hydroxylation sites is 1. The van der Waals surface area contributed by atoms with Crippen LogP contribution >= 0.6 is 11.6 Å². The average Bonchev–Trinajstić information content (AvgIpc) is 2.44. The summed E-state index contributed by atoms with van der Waals surface area (Å²) >= 11 is 5.90. The fraction of sp³-hybridized carbons (Fsp3) is 0.538. The lowest BCUT2D eigenvalue weighted by atomic mass is 9.95. The van der Waals surface area contributed by atoms with Crippen LogP contribution in [0.25, 0.3) is 0 Å². The van der Waals surface area contributed by atoms with Crippen LogP contribution in [-0.4, -0.2) is 25.3 Å². The largest absolute Gasteiger partial charge is 0.501 e. The molecular formula is C13H17ClF3NO2S. The van der Waals surface area contributed by atoms with Gasteiger partial charge in [0.05, 0.1) is 16.1 Å². The molecule has 0 saturated carbocycles. The molecule has 0 spiro atoms. The van der Waals surface area contributed by atoms with E-state index in [1.54, 1.807) is 0 Å². The lowest BCUT2D eigenvalue weighted by Gasteiger charge is -2.32. The molecule has 0 bridgehead atoms. The fourth-order valence-electron chi connectivity index (χ4n) is 1.86. The minimum atomic E-state index is -5.41. The SMILES string of the molecule is CCC(CC)(CCl)Nc1ccccc1S(=O)(=O)C(F)(F)F. The number of nitrogens with one attached hydrogen (secondary N) is 1. The van der Waals surface area contributed by atoms with Crippen molar-refractivity contribution >= 4 is 27.1 Å². The van der Waals surface area contributed by atoms with E-state index < -0.39 is 25.8 Å². The van der Waals surface area contributed by atoms with E-state index in [-0.39, 0.29) is 11.6 Å². The first-order valence-corrected chi connectivity index (χ1v) is 8.40. The third kappa shape index (κ3) is 3.63. The van der Waals surface area contributed by atoms with E-state index in [2.05, 4.69) is 5.32 Å². The minimum Gasteiger partial charge on any atom is -0.377 e. The van der Waals surface area contributed by atoms with Crippen molar-refractivity contribution in [2.75, 3.05) is 11.2 Å². The Hall–Kier alpha value is -0.950. The summed E-state index contributed by atoms with van der Waals surface area (Å²) in [5, 5.41) is 2.88. The second kappa shape index (κ2) is 6.44. The summed E-state index contributed by atoms with van der Waals surface area (Å²) in [5.74, 6) is 0.153. The Bertz CT molecular complexity index is 575. The van der Waals surface area contributed by atoms with Crippen LogP contribution in [0.15, 0.2) is 29.2 Å². The molecule has 1 rings (SSSR count). The average molecular weight is 344 g/mol. The first-order valence-electron chi connectivity index (χ1n) is 6.38. The number of hydrogen-bond acceptors (Lipinski definition) is 3. The lowest BCUT2D eigenvalue weighted by molar-refractivity contribution is -0.0435. The third-order valence-electron chi connectivity index (χ3n) is 3.49. The van der Waals surface area contributed by atoms with Crippen molar-refractivity contribution in [2.24, 2.45) is 0 Å². The maximum atomic E-state index is 12.7. The van der Waals surface area contributed by atoms with Crippen LogP contribution in [0.3, 0.4) is 0 Å². The fourth-order valence-corrected chi connectivity index (χ4v) is 3.22. The first kappa shape index (κ1) is 18.1. The highest BCUT2D eigenvalue weighted by Gasteiger charge is 2.48. The van der Waals surface area contributed by atoms with Crippen molar-refractivity contribution in [3.8, 4) is 0 Å². The van der Waals surface area contributed by atoms with E-state index in [0.29, 0.717) is 12.8 Å². The normalized spacial score (nSPS) is 13.2. The molecule has 0 atom stereocenters. The zero-order valence-electron chi connectivity index (χ0n) is 11.7. The summed E-state index contributed by atoms with van der Waals surface area (Å²) in [7, 11) is -5.41. The lowest BCUT2D eigenvalue weighted by Crippen LogP contribution is -2.39. The van der Waals surface area contributed by atoms with Gasteiger partial charge in [0.1, 0.15) is 0 Å². The number of halogens is 4. The van der Waals surface area contributed by atoms with Gasteiger partial charge >= 0.3 is 5.51 Å². The van der Waals surface area contributed by atoms with Crippen LogP contribution in [0.2, 0.25) is 0 Å². The smallest absolute Gasteiger partial charge is 0.377 e. The number of hydrogen-bond donors (Lipinski definition) is 1. The molecule has 8 heteroatoms. The van der Waals surface area contributed by atoms with Crippen LogP contribution in [0.4, 0.5) is 18.9 Å². The molecule has 0 unspecified atom stereocenters. The molecule has 0 aliphatic rings. The first-order chi connectivity index (χ1) is 9.63. The number of benzene rings is 1. The molecule has 0 amide bonds. The van der Waals surface area contributed by atoms with E-state index >= 15 is 0 Å². The van der Waals surface area contributed by atoms with Gasteiger partial charge in [0, 0.05) is 5.88 Å². The van der Waals surface area contributed by atoms with Gasteiger partial charge in [-0.1, -0.05) is 26.0 Å². The van der Waals surface area contributed by atoms with E-state index in [9.17, 15) is 21.6 Å². The molecular weight excluding hydrogens is 327 g/mol. The standard InChI is InChI=1S/C13H17ClF3NO2S/c1-3-12(4-2,9-14)18-10-7-5-6-8-11(10)21(19,20)13(15,16)17/h5-8,18H,3-4,9H2,1-2H3. The summed E-state index contributed by atoms with van der Waals surface area (Å²) in [6, 6.07) is 4.98. The van der Waals surface area contributed by atoms with Crippen molar-refractivity contribution in [1.82, 2.24) is 0 Å². The molecule has 1 aromatic carbocycles. The third-order valence-corrected chi connectivity index (χ3v) is 5.55. The molecule has 1 N–H and O–H groups in total. The summed E-state index contributed by atoms with van der Waals surface area (Å²) < 4.78 is 61.5. The predicted molar refractivity (Wildman–Crippen MR) is 77.3 cm³/mol. The Labute approximate surface area is 127 Å². The van der Waals surface area contributed by atoms with Crippen LogP contribution in [0.5, 0.6) is 0 Å². The summed E-state index contributed by atoms with van der Waals surface area (Å²) in [6.07, 6.45) is 1.10. The molecule has 3 nitrogen and oxygen atoms in total. The van der Waals surface area contributed by atoms with Gasteiger partial charge in [0.15, 0.2) is 0 Å². The van der Waals surface area contributed by atoms with E-state index in [0.717, 1.165) is 6.07 Å². The summed E-state index contributed by atoms with van der Waals surface area (Å²) in [4.78, 5) is -0.783. The molecule has 0 heterocycles. The van der Waals surface area contributed by atoms with E-state index in [1.807, 2.05) is 13.8 Å². The van der Waals surface area contributed by atoms with Crippen molar-refractivity contribution < 1.29 is 21.6 Å². The van der Waals surface area contributed by atoms with Crippen LogP contribution in [-0.2, 0) is 9.84 Å². The van der Waals surface area contributed by atoms with Gasteiger partial charge in [-0.25, -0.2) is 8.42 Å². The van der Waals surface area contributed by atoms with E-state index in [1.165, 1.54) is 18.2 Å². The molecule has 0 aliphatic carbocycles. The topological polar surface area (TPSA) is 46.2 Å². The zero-order chi connectivity index (χ0) is 16.3. The number of rotatable bonds is 6. The number of sulfone groups is 1. The monoisotopic (exact) mass is 343 g/mol. The van der Waals surface area contributed by atoms with Gasteiger partial charge in [-0.2, -0.15) is 13.2 Å². The van der Waals surface area contributed by atoms with Crippen molar-refractivity contribution in [1.29, 1.82) is 0 Å². The molecule has 0 radical (unpaired) electrons. The highest BCUT2D eigenvalue weighted by Crippen LogP contribution is 2.36. The minimum absolute atomic E-state index is 0.0841. The van der Waals surface area contributed by atoms with E-state index in [4.69, 9.17) is 11.6 Å². The highest BCUT2D eigenvalue weighted by molar-refractivity contribution is 7.92. The molecule has 21 heavy (non-hydrogen) atoms. The van der Waals surface area contributed by atoms with Crippen molar-refractivity contribution in [2.45, 2.75) is 42.6 Å². The van der Waals surface area contributed by atoms with Crippen LogP contribution in [0, 0.1) is 0 Å². The highest BCUT2D eigenvalue weighted by atomic mass is 35.5. The number of anilines is 1. The van der Waals surface area contributed by atoms with Gasteiger partial charge in [-0.3, -0.25) is 0 Å². The van der Waals surface area contributed by atoms with Gasteiger partial charge in [-0.15, -0.1) is 11.6 Å². The maximum absolute atomic E-state index is 12.7. The Morgan fingerprint density at radius 1 is 1.14 bits per heavy atom. The quantitative estimate of drug-likeness (QED) is 0.788. The molecule has 0 aliphatic heterocycles. The summed E-state index contributed by atoms with van der Waals surface area (Å²) in [5.41, 5.74) is -6.08. The number of alkyl halides is 4. The predicted octanol–water partition coefficient (Wildman–Crippen LogP) is 4.19. The molecule has 0 saturated heterocycles. The van der Waals surface area contributed by atoms with Crippen molar-refractivity contribution in [3.05, 3.63) is 24.3 Å². The summed E-state index contributed by atoms with van der Waals surface area (Å²) in [6.45, 7) is 3.67. The van der Waals surface area contributed by atoms with Gasteiger partial charge in [0.25, 0.3) is 9.84 Å². The Balaban J connectivity index is 3.36. The zero-order valence-corrected chi connectivity index (χ0v) is 13.2. The van der Waals surface area contributed by atoms with Gasteiger partial charge < -0.3 is 5.32 Å². The Morgan fingerprint density at radius 2 is 1.67 bits per heavy atom. The molecule has 0 fully saturated rings. The molecule has 120 valence electrons.